The van der Waals surface area contributed by atoms with Crippen molar-refractivity contribution in [2.75, 3.05) is 20.1 Å². The molecular formula is C18H26N2O2. The molecule has 1 aromatic rings. The van der Waals surface area contributed by atoms with Crippen molar-refractivity contribution in [3.05, 3.63) is 35.4 Å². The Balaban J connectivity index is 1.96. The van der Waals surface area contributed by atoms with Crippen LogP contribution in [0.5, 0.6) is 0 Å². The third kappa shape index (κ3) is 3.49. The summed E-state index contributed by atoms with van der Waals surface area (Å²) < 4.78 is 0. The Morgan fingerprint density at radius 1 is 1.18 bits per heavy atom. The highest BCUT2D eigenvalue weighted by Crippen LogP contribution is 2.22. The first-order valence-corrected chi connectivity index (χ1v) is 8.03. The summed E-state index contributed by atoms with van der Waals surface area (Å²) in [5.41, 5.74) is 1.77. The largest absolute Gasteiger partial charge is 0.343 e. The number of rotatable bonds is 3. The molecule has 22 heavy (non-hydrogen) atoms. The molecule has 1 fully saturated rings. The molecule has 1 aromatic carbocycles. The third-order valence-corrected chi connectivity index (χ3v) is 4.63. The van der Waals surface area contributed by atoms with E-state index >= 15 is 0 Å². The van der Waals surface area contributed by atoms with Gasteiger partial charge in [-0.3, -0.25) is 9.59 Å². The molecule has 0 saturated carbocycles. The van der Waals surface area contributed by atoms with Gasteiger partial charge in [-0.25, -0.2) is 0 Å². The number of piperidine rings is 1. The van der Waals surface area contributed by atoms with Crippen LogP contribution in [0.15, 0.2) is 24.3 Å². The van der Waals surface area contributed by atoms with Gasteiger partial charge in [0.1, 0.15) is 0 Å². The van der Waals surface area contributed by atoms with Crippen molar-refractivity contribution in [1.29, 1.82) is 0 Å². The Morgan fingerprint density at radius 2 is 1.77 bits per heavy atom. The zero-order chi connectivity index (χ0) is 16.3. The van der Waals surface area contributed by atoms with Crippen LogP contribution in [0.25, 0.3) is 0 Å². The highest BCUT2D eigenvalue weighted by molar-refractivity contribution is 5.95. The van der Waals surface area contributed by atoms with Crippen molar-refractivity contribution in [1.82, 2.24) is 9.80 Å². The number of aryl methyl sites for hydroxylation is 1. The van der Waals surface area contributed by atoms with Crippen LogP contribution in [0.1, 0.15) is 42.6 Å². The first-order chi connectivity index (χ1) is 10.4. The maximum atomic E-state index is 12.6. The lowest BCUT2D eigenvalue weighted by Crippen LogP contribution is -2.45. The second-order valence-corrected chi connectivity index (χ2v) is 6.42. The highest BCUT2D eigenvalue weighted by atomic mass is 16.2. The Bertz CT molecular complexity index is 546. The number of likely N-dealkylation sites (tertiary alicyclic amines) is 1. The standard InChI is InChI=1S/C18H26N2O2/c1-13(2)19(4)17(21)15-9-11-20(12-10-15)18(22)16-8-6-5-7-14(16)3/h5-8,13,15H,9-12H2,1-4H3. The molecule has 0 radical (unpaired) electrons. The van der Waals surface area contributed by atoms with E-state index in [0.29, 0.717) is 13.1 Å². The van der Waals surface area contributed by atoms with Crippen molar-refractivity contribution in [2.24, 2.45) is 5.92 Å². The van der Waals surface area contributed by atoms with Gasteiger partial charge in [0, 0.05) is 37.7 Å². The van der Waals surface area contributed by atoms with E-state index in [1.54, 1.807) is 0 Å². The number of benzene rings is 1. The summed E-state index contributed by atoms with van der Waals surface area (Å²) in [4.78, 5) is 28.6. The van der Waals surface area contributed by atoms with E-state index in [4.69, 9.17) is 0 Å². The maximum absolute atomic E-state index is 12.6. The van der Waals surface area contributed by atoms with Crippen LogP contribution < -0.4 is 0 Å². The van der Waals surface area contributed by atoms with Gasteiger partial charge in [-0.1, -0.05) is 18.2 Å². The summed E-state index contributed by atoms with van der Waals surface area (Å²) in [6, 6.07) is 7.90. The molecule has 2 rings (SSSR count). The van der Waals surface area contributed by atoms with Gasteiger partial charge < -0.3 is 9.80 Å². The quantitative estimate of drug-likeness (QED) is 0.861. The number of nitrogens with zero attached hydrogens (tertiary/aromatic N) is 2. The van der Waals surface area contributed by atoms with E-state index in [-0.39, 0.29) is 23.8 Å². The molecule has 0 spiro atoms. The van der Waals surface area contributed by atoms with Crippen molar-refractivity contribution >= 4 is 11.8 Å². The second kappa shape index (κ2) is 6.95. The Labute approximate surface area is 133 Å². The zero-order valence-corrected chi connectivity index (χ0v) is 14.0. The summed E-state index contributed by atoms with van der Waals surface area (Å²) in [7, 11) is 1.86. The maximum Gasteiger partial charge on any atom is 0.254 e. The monoisotopic (exact) mass is 302 g/mol. The molecule has 0 bridgehead atoms. The summed E-state index contributed by atoms with van der Waals surface area (Å²) >= 11 is 0. The lowest BCUT2D eigenvalue weighted by molar-refractivity contribution is -0.137. The number of hydrogen-bond donors (Lipinski definition) is 0. The van der Waals surface area contributed by atoms with E-state index in [0.717, 1.165) is 24.0 Å². The van der Waals surface area contributed by atoms with E-state index < -0.39 is 0 Å². The highest BCUT2D eigenvalue weighted by Gasteiger charge is 2.30. The SMILES string of the molecule is Cc1ccccc1C(=O)N1CCC(C(=O)N(C)C(C)C)CC1. The van der Waals surface area contributed by atoms with Crippen LogP contribution in [-0.4, -0.2) is 47.8 Å². The van der Waals surface area contributed by atoms with E-state index in [2.05, 4.69) is 0 Å². The van der Waals surface area contributed by atoms with Gasteiger partial charge in [-0.2, -0.15) is 0 Å². The minimum absolute atomic E-state index is 0.0494. The molecule has 1 aliphatic rings. The van der Waals surface area contributed by atoms with Gasteiger partial charge in [-0.05, 0) is 45.2 Å². The first-order valence-electron chi connectivity index (χ1n) is 8.03. The smallest absolute Gasteiger partial charge is 0.254 e. The minimum atomic E-state index is 0.0494. The molecule has 0 aromatic heterocycles. The van der Waals surface area contributed by atoms with E-state index in [1.165, 1.54) is 0 Å². The van der Waals surface area contributed by atoms with Crippen molar-refractivity contribution in [3.8, 4) is 0 Å². The van der Waals surface area contributed by atoms with Crippen LogP contribution in [0.4, 0.5) is 0 Å². The van der Waals surface area contributed by atoms with Crippen molar-refractivity contribution in [3.63, 3.8) is 0 Å². The zero-order valence-electron chi connectivity index (χ0n) is 14.0. The molecule has 1 heterocycles. The van der Waals surface area contributed by atoms with Crippen LogP contribution in [0, 0.1) is 12.8 Å². The summed E-state index contributed by atoms with van der Waals surface area (Å²) in [6.45, 7) is 7.33. The second-order valence-electron chi connectivity index (χ2n) is 6.42. The molecule has 4 heteroatoms. The number of carbonyl (C=O) groups excluding carboxylic acids is 2. The van der Waals surface area contributed by atoms with E-state index in [9.17, 15) is 9.59 Å². The lowest BCUT2D eigenvalue weighted by Gasteiger charge is -2.34. The van der Waals surface area contributed by atoms with Gasteiger partial charge in [0.05, 0.1) is 0 Å². The van der Waals surface area contributed by atoms with Crippen LogP contribution in [0.3, 0.4) is 0 Å². The number of hydrogen-bond acceptors (Lipinski definition) is 2. The normalized spacial score (nSPS) is 16.0. The molecule has 0 atom stereocenters. The van der Waals surface area contributed by atoms with Gasteiger partial charge >= 0.3 is 0 Å². The molecule has 120 valence electrons. The molecular weight excluding hydrogens is 276 g/mol. The van der Waals surface area contributed by atoms with Gasteiger partial charge in [0.25, 0.3) is 5.91 Å². The third-order valence-electron chi connectivity index (χ3n) is 4.63. The Morgan fingerprint density at radius 3 is 2.32 bits per heavy atom. The molecule has 4 nitrogen and oxygen atoms in total. The molecule has 0 N–H and O–H groups in total. The predicted molar refractivity (Wildman–Crippen MR) is 87.7 cm³/mol. The van der Waals surface area contributed by atoms with Gasteiger partial charge in [0.15, 0.2) is 0 Å². The number of amides is 2. The average molecular weight is 302 g/mol. The van der Waals surface area contributed by atoms with Crippen molar-refractivity contribution < 1.29 is 9.59 Å². The van der Waals surface area contributed by atoms with Gasteiger partial charge in [0.2, 0.25) is 5.91 Å². The molecule has 0 unspecified atom stereocenters. The minimum Gasteiger partial charge on any atom is -0.343 e. The molecule has 1 aliphatic heterocycles. The lowest BCUT2D eigenvalue weighted by atomic mass is 9.94. The molecule has 2 amide bonds. The summed E-state index contributed by atoms with van der Waals surface area (Å²) in [5, 5.41) is 0. The summed E-state index contributed by atoms with van der Waals surface area (Å²) in [6.07, 6.45) is 1.51. The molecule has 0 aliphatic carbocycles. The van der Waals surface area contributed by atoms with Crippen LogP contribution in [-0.2, 0) is 4.79 Å². The Kier molecular flexibility index (Phi) is 5.22. The van der Waals surface area contributed by atoms with Gasteiger partial charge in [-0.15, -0.1) is 0 Å². The van der Waals surface area contributed by atoms with Crippen LogP contribution >= 0.6 is 0 Å². The predicted octanol–water partition coefficient (Wildman–Crippen LogP) is 2.71. The fourth-order valence-electron chi connectivity index (χ4n) is 2.86. The topological polar surface area (TPSA) is 40.6 Å². The van der Waals surface area contributed by atoms with Crippen LogP contribution in [0.2, 0.25) is 0 Å². The Hall–Kier alpha value is -1.84. The number of carbonyl (C=O) groups is 2. The first kappa shape index (κ1) is 16.5. The fraction of sp³-hybridized carbons (Fsp3) is 0.556. The average Bonchev–Trinajstić information content (AvgIpc) is 2.53. The molecule has 1 saturated heterocycles. The van der Waals surface area contributed by atoms with E-state index in [1.807, 2.05) is 61.9 Å². The summed E-state index contributed by atoms with van der Waals surface area (Å²) in [5.74, 6) is 0.340. The fourth-order valence-corrected chi connectivity index (χ4v) is 2.86. The van der Waals surface area contributed by atoms with Crippen molar-refractivity contribution in [2.45, 2.75) is 39.7 Å².